The molecule has 3 aromatic rings. The van der Waals surface area contributed by atoms with Crippen LogP contribution in [0.1, 0.15) is 5.56 Å². The number of aryl methyl sites for hydroxylation is 1. The van der Waals surface area contributed by atoms with Gasteiger partial charge in [0.1, 0.15) is 0 Å². The Labute approximate surface area is 113 Å². The number of para-hydroxylation sites is 2. The zero-order valence-corrected chi connectivity index (χ0v) is 11.4. The first-order valence-electron chi connectivity index (χ1n) is 6.55. The summed E-state index contributed by atoms with van der Waals surface area (Å²) in [6.45, 7) is 0.922. The molecule has 96 valence electrons. The number of hydrogen-bond acceptors (Lipinski definition) is 1. The van der Waals surface area contributed by atoms with E-state index in [0.29, 0.717) is 0 Å². The lowest BCUT2D eigenvalue weighted by Crippen LogP contribution is -2.15. The van der Waals surface area contributed by atoms with E-state index in [1.807, 2.05) is 0 Å². The Kier molecular flexibility index (Phi) is 3.00. The fourth-order valence-electron chi connectivity index (χ4n) is 2.58. The van der Waals surface area contributed by atoms with Crippen molar-refractivity contribution in [3.05, 3.63) is 66.4 Å². The van der Waals surface area contributed by atoms with Crippen LogP contribution in [0.5, 0.6) is 0 Å². The minimum Gasteiger partial charge on any atom is -0.370 e. The van der Waals surface area contributed by atoms with Gasteiger partial charge in [-0.3, -0.25) is 0 Å². The van der Waals surface area contributed by atoms with Crippen LogP contribution in [-0.4, -0.2) is 11.6 Å². The Bertz CT molecular complexity index is 683. The number of hydrogen-bond donors (Lipinski definition) is 0. The van der Waals surface area contributed by atoms with Crippen LogP contribution in [0.3, 0.4) is 0 Å². The van der Waals surface area contributed by atoms with E-state index in [4.69, 9.17) is 0 Å². The highest BCUT2D eigenvalue weighted by atomic mass is 15.1. The monoisotopic (exact) mass is 250 g/mol. The van der Waals surface area contributed by atoms with E-state index >= 15 is 0 Å². The highest BCUT2D eigenvalue weighted by molar-refractivity contribution is 5.84. The first-order chi connectivity index (χ1) is 9.25. The van der Waals surface area contributed by atoms with Gasteiger partial charge in [-0.2, -0.15) is 0 Å². The summed E-state index contributed by atoms with van der Waals surface area (Å²) in [5, 5.41) is 1.34. The summed E-state index contributed by atoms with van der Waals surface area (Å²) in [6, 6.07) is 19.1. The van der Waals surface area contributed by atoms with Crippen molar-refractivity contribution in [2.75, 3.05) is 11.9 Å². The molecule has 0 radical (unpaired) electrons. The van der Waals surface area contributed by atoms with Crippen molar-refractivity contribution >= 4 is 16.6 Å². The molecule has 19 heavy (non-hydrogen) atoms. The summed E-state index contributed by atoms with van der Waals surface area (Å²) in [5.41, 5.74) is 3.90. The molecule has 0 unspecified atom stereocenters. The molecule has 2 nitrogen and oxygen atoms in total. The highest BCUT2D eigenvalue weighted by Crippen LogP contribution is 2.23. The number of anilines is 1. The zero-order valence-electron chi connectivity index (χ0n) is 11.4. The molecule has 0 bridgehead atoms. The fraction of sp³-hybridized carbons (Fsp3) is 0.176. The molecular formula is C17H18N2. The Hall–Kier alpha value is -2.22. The van der Waals surface area contributed by atoms with Gasteiger partial charge in [0.15, 0.2) is 0 Å². The minimum atomic E-state index is 0.922. The van der Waals surface area contributed by atoms with E-state index in [-0.39, 0.29) is 0 Å². The van der Waals surface area contributed by atoms with Crippen LogP contribution in [0.2, 0.25) is 0 Å². The van der Waals surface area contributed by atoms with E-state index in [2.05, 4.69) is 84.4 Å². The van der Waals surface area contributed by atoms with E-state index < -0.39 is 0 Å². The number of aromatic nitrogens is 1. The molecular weight excluding hydrogens is 232 g/mol. The van der Waals surface area contributed by atoms with Crippen LogP contribution >= 0.6 is 0 Å². The summed E-state index contributed by atoms with van der Waals surface area (Å²) in [6.07, 6.45) is 2.23. The van der Waals surface area contributed by atoms with E-state index in [0.717, 1.165) is 6.54 Å². The van der Waals surface area contributed by atoms with Crippen molar-refractivity contribution in [3.8, 4) is 0 Å². The summed E-state index contributed by atoms with van der Waals surface area (Å²) in [5.74, 6) is 0. The Morgan fingerprint density at radius 1 is 0.947 bits per heavy atom. The normalized spacial score (nSPS) is 10.8. The Balaban J connectivity index is 1.94. The van der Waals surface area contributed by atoms with Gasteiger partial charge in [-0.1, -0.05) is 36.4 Å². The molecule has 1 aromatic heterocycles. The average Bonchev–Trinajstić information content (AvgIpc) is 2.77. The molecule has 3 rings (SSSR count). The van der Waals surface area contributed by atoms with Crippen LogP contribution in [0, 0.1) is 0 Å². The SMILES string of the molecule is CN(Cc1cn(C)c2ccccc12)c1ccccc1. The van der Waals surface area contributed by atoms with Gasteiger partial charge in [0.2, 0.25) is 0 Å². The third kappa shape index (κ3) is 2.22. The van der Waals surface area contributed by atoms with Crippen molar-refractivity contribution in [2.24, 2.45) is 7.05 Å². The maximum atomic E-state index is 2.28. The van der Waals surface area contributed by atoms with Crippen molar-refractivity contribution in [2.45, 2.75) is 6.54 Å². The predicted molar refractivity (Wildman–Crippen MR) is 81.5 cm³/mol. The van der Waals surface area contributed by atoms with Crippen LogP contribution in [-0.2, 0) is 13.6 Å². The van der Waals surface area contributed by atoms with E-state index in [1.54, 1.807) is 0 Å². The van der Waals surface area contributed by atoms with Crippen molar-refractivity contribution in [1.29, 1.82) is 0 Å². The molecule has 0 aliphatic rings. The zero-order chi connectivity index (χ0) is 13.2. The number of nitrogens with zero attached hydrogens (tertiary/aromatic N) is 2. The van der Waals surface area contributed by atoms with Gasteiger partial charge in [0.05, 0.1) is 0 Å². The van der Waals surface area contributed by atoms with Crippen molar-refractivity contribution < 1.29 is 0 Å². The number of benzene rings is 2. The highest BCUT2D eigenvalue weighted by Gasteiger charge is 2.08. The third-order valence-electron chi connectivity index (χ3n) is 3.58. The van der Waals surface area contributed by atoms with Gasteiger partial charge >= 0.3 is 0 Å². The quantitative estimate of drug-likeness (QED) is 0.686. The van der Waals surface area contributed by atoms with Crippen LogP contribution in [0.25, 0.3) is 10.9 Å². The third-order valence-corrected chi connectivity index (χ3v) is 3.58. The molecule has 2 heteroatoms. The molecule has 0 aliphatic carbocycles. The summed E-state index contributed by atoms with van der Waals surface area (Å²) >= 11 is 0. The Morgan fingerprint density at radius 3 is 2.42 bits per heavy atom. The minimum absolute atomic E-state index is 0.922. The summed E-state index contributed by atoms with van der Waals surface area (Å²) < 4.78 is 2.20. The second-order valence-corrected chi connectivity index (χ2v) is 4.97. The lowest BCUT2D eigenvalue weighted by Gasteiger charge is -2.18. The Morgan fingerprint density at radius 2 is 1.63 bits per heavy atom. The molecule has 0 aliphatic heterocycles. The van der Waals surface area contributed by atoms with Gasteiger partial charge < -0.3 is 9.47 Å². The molecule has 0 amide bonds. The van der Waals surface area contributed by atoms with E-state index in [9.17, 15) is 0 Å². The molecule has 2 aromatic carbocycles. The van der Waals surface area contributed by atoms with Gasteiger partial charge in [-0.25, -0.2) is 0 Å². The van der Waals surface area contributed by atoms with Gasteiger partial charge in [-0.15, -0.1) is 0 Å². The second kappa shape index (κ2) is 4.81. The van der Waals surface area contributed by atoms with Crippen molar-refractivity contribution in [3.63, 3.8) is 0 Å². The van der Waals surface area contributed by atoms with Crippen LogP contribution in [0.4, 0.5) is 5.69 Å². The molecule has 0 N–H and O–H groups in total. The topological polar surface area (TPSA) is 8.17 Å². The average molecular weight is 250 g/mol. The first-order valence-corrected chi connectivity index (χ1v) is 6.55. The number of fused-ring (bicyclic) bond motifs is 1. The van der Waals surface area contributed by atoms with Gasteiger partial charge in [-0.05, 0) is 23.8 Å². The van der Waals surface area contributed by atoms with Gasteiger partial charge in [0, 0.05) is 43.4 Å². The fourth-order valence-corrected chi connectivity index (χ4v) is 2.58. The second-order valence-electron chi connectivity index (χ2n) is 4.97. The largest absolute Gasteiger partial charge is 0.370 e. The van der Waals surface area contributed by atoms with E-state index in [1.165, 1.54) is 22.2 Å². The molecule has 0 fully saturated rings. The smallest absolute Gasteiger partial charge is 0.0481 e. The van der Waals surface area contributed by atoms with Gasteiger partial charge in [0.25, 0.3) is 0 Å². The van der Waals surface area contributed by atoms with Crippen molar-refractivity contribution in [1.82, 2.24) is 4.57 Å². The molecule has 1 heterocycles. The maximum Gasteiger partial charge on any atom is 0.0481 e. The first kappa shape index (κ1) is 11.8. The maximum absolute atomic E-state index is 2.28. The summed E-state index contributed by atoms with van der Waals surface area (Å²) in [7, 11) is 4.24. The molecule has 0 atom stereocenters. The number of rotatable bonds is 3. The lowest BCUT2D eigenvalue weighted by atomic mass is 10.1. The predicted octanol–water partition coefficient (Wildman–Crippen LogP) is 3.81. The van der Waals surface area contributed by atoms with Crippen LogP contribution in [0.15, 0.2) is 60.8 Å². The summed E-state index contributed by atoms with van der Waals surface area (Å²) in [4.78, 5) is 2.28. The molecule has 0 saturated carbocycles. The lowest BCUT2D eigenvalue weighted by molar-refractivity contribution is 0.904. The molecule has 0 saturated heterocycles. The molecule has 0 spiro atoms. The van der Waals surface area contributed by atoms with Crippen LogP contribution < -0.4 is 4.90 Å². The standard InChI is InChI=1S/C17H18N2/c1-18(15-8-4-3-5-9-15)12-14-13-19(2)17-11-7-6-10-16(14)17/h3-11,13H,12H2,1-2H3.